The van der Waals surface area contributed by atoms with Gasteiger partial charge in [0.15, 0.2) is 23.1 Å². The maximum Gasteiger partial charge on any atom is 0.320 e. The lowest BCUT2D eigenvalue weighted by atomic mass is 10.0. The highest BCUT2D eigenvalue weighted by molar-refractivity contribution is 5.73. The number of ether oxygens (including phenoxy) is 1. The van der Waals surface area contributed by atoms with Crippen molar-refractivity contribution >= 4 is 5.97 Å². The molecule has 0 radical (unpaired) electrons. The van der Waals surface area contributed by atoms with Gasteiger partial charge in [-0.25, -0.2) is 8.78 Å². The summed E-state index contributed by atoms with van der Waals surface area (Å²) in [5, 5.41) is 17.7. The molecule has 0 aliphatic heterocycles. The number of nitrogens with two attached hydrogens (primary N) is 1. The third-order valence-corrected chi connectivity index (χ3v) is 2.20. The van der Waals surface area contributed by atoms with Crippen molar-refractivity contribution in [2.24, 2.45) is 5.73 Å². The number of halogens is 2. The van der Waals surface area contributed by atoms with Crippen molar-refractivity contribution in [1.29, 1.82) is 0 Å². The second-order valence-corrected chi connectivity index (χ2v) is 3.35. The van der Waals surface area contributed by atoms with E-state index >= 15 is 0 Å². The van der Waals surface area contributed by atoms with Crippen LogP contribution in [0.3, 0.4) is 0 Å². The number of phenols is 1. The number of methoxy groups -OCH3 is 1. The zero-order chi connectivity index (χ0) is 13.2. The topological polar surface area (TPSA) is 92.8 Å². The van der Waals surface area contributed by atoms with Crippen molar-refractivity contribution in [1.82, 2.24) is 0 Å². The average Bonchev–Trinajstić information content (AvgIpc) is 2.28. The van der Waals surface area contributed by atoms with Gasteiger partial charge in [0.1, 0.15) is 6.04 Å². The van der Waals surface area contributed by atoms with E-state index in [1.54, 1.807) is 0 Å². The SMILES string of the molecule is COc1cc(O)c(F)c(CC(N)C(=O)O)c1F. The standard InChI is InChI=1S/C10H11F2NO4/c1-17-7-3-6(14)8(11)4(9(7)12)2-5(13)10(15)16/h3,5,14H,2,13H2,1H3,(H,15,16). The molecule has 0 saturated carbocycles. The van der Waals surface area contributed by atoms with Crippen LogP contribution in [0.15, 0.2) is 6.07 Å². The van der Waals surface area contributed by atoms with E-state index in [9.17, 15) is 18.7 Å². The van der Waals surface area contributed by atoms with Crippen LogP contribution in [-0.2, 0) is 11.2 Å². The van der Waals surface area contributed by atoms with Gasteiger partial charge in [0.05, 0.1) is 7.11 Å². The van der Waals surface area contributed by atoms with E-state index in [-0.39, 0.29) is 5.75 Å². The minimum atomic E-state index is -1.47. The Morgan fingerprint density at radius 2 is 2.12 bits per heavy atom. The first-order valence-electron chi connectivity index (χ1n) is 4.60. The highest BCUT2D eigenvalue weighted by Gasteiger charge is 2.23. The summed E-state index contributed by atoms with van der Waals surface area (Å²) in [6.45, 7) is 0. The quantitative estimate of drug-likeness (QED) is 0.725. The minimum Gasteiger partial charge on any atom is -0.505 e. The van der Waals surface area contributed by atoms with Crippen LogP contribution in [-0.4, -0.2) is 29.3 Å². The highest BCUT2D eigenvalue weighted by Crippen LogP contribution is 2.31. The average molecular weight is 247 g/mol. The molecule has 0 amide bonds. The Morgan fingerprint density at radius 3 is 2.59 bits per heavy atom. The van der Waals surface area contributed by atoms with Gasteiger partial charge in [0, 0.05) is 18.1 Å². The van der Waals surface area contributed by atoms with Gasteiger partial charge >= 0.3 is 5.97 Å². The zero-order valence-electron chi connectivity index (χ0n) is 8.91. The summed E-state index contributed by atoms with van der Waals surface area (Å²) < 4.78 is 31.6. The Balaban J connectivity index is 3.22. The highest BCUT2D eigenvalue weighted by atomic mass is 19.1. The normalized spacial score (nSPS) is 12.2. The molecule has 0 spiro atoms. The number of carboxylic acid groups (broad SMARTS) is 1. The molecule has 0 bridgehead atoms. The molecule has 1 unspecified atom stereocenters. The van der Waals surface area contributed by atoms with Gasteiger partial charge in [-0.05, 0) is 0 Å². The second-order valence-electron chi connectivity index (χ2n) is 3.35. The van der Waals surface area contributed by atoms with E-state index in [1.165, 1.54) is 0 Å². The van der Waals surface area contributed by atoms with E-state index in [4.69, 9.17) is 10.8 Å². The third-order valence-electron chi connectivity index (χ3n) is 2.20. The first-order chi connectivity index (χ1) is 7.88. The molecule has 0 aromatic heterocycles. The van der Waals surface area contributed by atoms with Gasteiger partial charge in [-0.1, -0.05) is 0 Å². The molecule has 1 aromatic rings. The first kappa shape index (κ1) is 13.2. The van der Waals surface area contributed by atoms with Crippen molar-refractivity contribution in [3.05, 3.63) is 23.3 Å². The summed E-state index contributed by atoms with van der Waals surface area (Å²) in [5.41, 5.74) is 4.56. The van der Waals surface area contributed by atoms with E-state index in [1.807, 2.05) is 0 Å². The fourth-order valence-corrected chi connectivity index (χ4v) is 1.29. The smallest absolute Gasteiger partial charge is 0.320 e. The lowest BCUT2D eigenvalue weighted by molar-refractivity contribution is -0.138. The van der Waals surface area contributed by atoms with Crippen molar-refractivity contribution in [2.45, 2.75) is 12.5 Å². The maximum absolute atomic E-state index is 13.6. The Kier molecular flexibility index (Phi) is 3.84. The summed E-state index contributed by atoms with van der Waals surface area (Å²) in [7, 11) is 1.14. The number of rotatable bonds is 4. The maximum atomic E-state index is 13.6. The molecule has 1 atom stereocenters. The predicted molar refractivity (Wildman–Crippen MR) is 53.9 cm³/mol. The van der Waals surface area contributed by atoms with E-state index < -0.39 is 41.4 Å². The number of carboxylic acids is 1. The van der Waals surface area contributed by atoms with Crippen LogP contribution in [0.2, 0.25) is 0 Å². The van der Waals surface area contributed by atoms with Crippen molar-refractivity contribution < 1.29 is 28.5 Å². The Labute approximate surface area is 95.4 Å². The molecule has 7 heteroatoms. The molecule has 5 nitrogen and oxygen atoms in total. The van der Waals surface area contributed by atoms with E-state index in [0.29, 0.717) is 0 Å². The Hall–Kier alpha value is -1.89. The molecule has 0 heterocycles. The summed E-state index contributed by atoms with van der Waals surface area (Å²) >= 11 is 0. The molecular weight excluding hydrogens is 236 g/mol. The van der Waals surface area contributed by atoms with Gasteiger partial charge in [0.25, 0.3) is 0 Å². The van der Waals surface area contributed by atoms with Crippen LogP contribution in [0.1, 0.15) is 5.56 Å². The third kappa shape index (κ3) is 2.62. The van der Waals surface area contributed by atoms with Gasteiger partial charge < -0.3 is 20.7 Å². The number of carbonyl (C=O) groups is 1. The van der Waals surface area contributed by atoms with Crippen molar-refractivity contribution in [3.63, 3.8) is 0 Å². The fraction of sp³-hybridized carbons (Fsp3) is 0.300. The van der Waals surface area contributed by atoms with Crippen LogP contribution in [0, 0.1) is 11.6 Å². The Morgan fingerprint density at radius 1 is 1.53 bits per heavy atom. The van der Waals surface area contributed by atoms with Crippen LogP contribution in [0.5, 0.6) is 11.5 Å². The van der Waals surface area contributed by atoms with Gasteiger partial charge in [-0.3, -0.25) is 4.79 Å². The van der Waals surface area contributed by atoms with Crippen LogP contribution >= 0.6 is 0 Å². The van der Waals surface area contributed by atoms with Crippen LogP contribution in [0.4, 0.5) is 8.78 Å². The molecule has 0 fully saturated rings. The molecule has 0 saturated heterocycles. The van der Waals surface area contributed by atoms with Crippen molar-refractivity contribution in [3.8, 4) is 11.5 Å². The largest absolute Gasteiger partial charge is 0.505 e. The number of benzene rings is 1. The summed E-state index contributed by atoms with van der Waals surface area (Å²) in [4.78, 5) is 10.5. The molecule has 0 aliphatic carbocycles. The Bertz CT molecular complexity index is 450. The number of aromatic hydroxyl groups is 1. The van der Waals surface area contributed by atoms with Crippen LogP contribution in [0.25, 0.3) is 0 Å². The number of hydrogen-bond acceptors (Lipinski definition) is 4. The molecular formula is C10H11F2NO4. The van der Waals surface area contributed by atoms with E-state index in [2.05, 4.69) is 4.74 Å². The van der Waals surface area contributed by atoms with Gasteiger partial charge in [-0.15, -0.1) is 0 Å². The van der Waals surface area contributed by atoms with Crippen LogP contribution < -0.4 is 10.5 Å². The summed E-state index contributed by atoms with van der Waals surface area (Å²) in [5.74, 6) is -4.90. The predicted octanol–water partition coefficient (Wildman–Crippen LogP) is 0.633. The first-order valence-corrected chi connectivity index (χ1v) is 4.60. The monoisotopic (exact) mass is 247 g/mol. The summed E-state index contributed by atoms with van der Waals surface area (Å²) in [6, 6.07) is -0.703. The van der Waals surface area contributed by atoms with E-state index in [0.717, 1.165) is 13.2 Å². The fourth-order valence-electron chi connectivity index (χ4n) is 1.29. The summed E-state index contributed by atoms with van der Waals surface area (Å²) in [6.07, 6.45) is -0.586. The van der Waals surface area contributed by atoms with Crippen molar-refractivity contribution in [2.75, 3.05) is 7.11 Å². The molecule has 17 heavy (non-hydrogen) atoms. The molecule has 94 valence electrons. The number of phenolic OH excluding ortho intramolecular Hbond substituents is 1. The zero-order valence-corrected chi connectivity index (χ0v) is 8.91. The molecule has 1 aromatic carbocycles. The molecule has 1 rings (SSSR count). The van der Waals surface area contributed by atoms with Gasteiger partial charge in [0.2, 0.25) is 0 Å². The number of aliphatic carboxylic acids is 1. The van der Waals surface area contributed by atoms with Gasteiger partial charge in [-0.2, -0.15) is 0 Å². The molecule has 4 N–H and O–H groups in total. The molecule has 0 aliphatic rings. The lowest BCUT2D eigenvalue weighted by Gasteiger charge is -2.12. The number of hydrogen-bond donors (Lipinski definition) is 3. The minimum absolute atomic E-state index is 0.378. The second kappa shape index (κ2) is 4.96. The lowest BCUT2D eigenvalue weighted by Crippen LogP contribution is -2.33.